The first-order valence-electron chi connectivity index (χ1n) is 9.92. The fourth-order valence-corrected chi connectivity index (χ4v) is 4.70. The predicted molar refractivity (Wildman–Crippen MR) is 125 cm³/mol. The summed E-state index contributed by atoms with van der Waals surface area (Å²) in [4.78, 5) is 29.7. The number of anilines is 1. The zero-order chi connectivity index (χ0) is 22.0. The molecule has 3 aromatic rings. The Morgan fingerprint density at radius 2 is 2.10 bits per heavy atom. The predicted octanol–water partition coefficient (Wildman–Crippen LogP) is 5.61. The molecule has 1 atom stereocenters. The largest absolute Gasteiger partial charge is 0.488 e. The molecule has 31 heavy (non-hydrogen) atoms. The number of nitrogens with zero attached hydrogens (tertiary/aromatic N) is 1. The van der Waals surface area contributed by atoms with E-state index in [9.17, 15) is 9.59 Å². The lowest BCUT2D eigenvalue weighted by atomic mass is 9.99. The van der Waals surface area contributed by atoms with Crippen LogP contribution in [-0.2, 0) is 11.2 Å². The van der Waals surface area contributed by atoms with Gasteiger partial charge >= 0.3 is 0 Å². The number of carbonyl (C=O) groups is 2. The second-order valence-electron chi connectivity index (χ2n) is 7.42. The molecule has 7 heteroatoms. The van der Waals surface area contributed by atoms with Crippen LogP contribution < -0.4 is 10.5 Å². The van der Waals surface area contributed by atoms with Gasteiger partial charge in [-0.15, -0.1) is 11.3 Å². The molecule has 158 valence electrons. The minimum Gasteiger partial charge on any atom is -0.488 e. The van der Waals surface area contributed by atoms with E-state index in [1.54, 1.807) is 31.3 Å². The Balaban J connectivity index is 1.42. The average Bonchev–Trinajstić information content (AvgIpc) is 3.40. The first-order chi connectivity index (χ1) is 14.9. The first kappa shape index (κ1) is 21.3. The lowest BCUT2D eigenvalue weighted by Crippen LogP contribution is -2.14. The highest BCUT2D eigenvalue weighted by Crippen LogP contribution is 2.44. The third-order valence-corrected chi connectivity index (χ3v) is 6.65. The lowest BCUT2D eigenvalue weighted by molar-refractivity contribution is -0.114. The molecule has 3 heterocycles. The Bertz CT molecular complexity index is 1170. The van der Waals surface area contributed by atoms with Gasteiger partial charge in [-0.1, -0.05) is 17.7 Å². The molecule has 1 unspecified atom stereocenters. The maximum atomic E-state index is 12.3. The number of allylic oxidation sites excluding steroid dienone is 1. The number of aromatic nitrogens is 1. The van der Waals surface area contributed by atoms with Crippen LogP contribution in [0.2, 0.25) is 5.02 Å². The second-order valence-corrected chi connectivity index (χ2v) is 8.91. The molecular weight excluding hydrogens is 432 g/mol. The Labute approximate surface area is 189 Å². The van der Waals surface area contributed by atoms with Crippen LogP contribution >= 0.6 is 22.9 Å². The monoisotopic (exact) mass is 452 g/mol. The number of pyridine rings is 1. The van der Waals surface area contributed by atoms with Crippen molar-refractivity contribution in [1.82, 2.24) is 4.98 Å². The number of ether oxygens (including phenoxy) is 1. The molecule has 0 spiro atoms. The minimum absolute atomic E-state index is 0.0204. The summed E-state index contributed by atoms with van der Waals surface area (Å²) in [7, 11) is 0. The van der Waals surface area contributed by atoms with E-state index in [0.717, 1.165) is 26.4 Å². The number of benzene rings is 1. The maximum absolute atomic E-state index is 12.3. The fraction of sp³-hybridized carbons (Fsp3) is 0.208. The lowest BCUT2D eigenvalue weighted by Gasteiger charge is -2.09. The van der Waals surface area contributed by atoms with Crippen LogP contribution in [0.3, 0.4) is 0 Å². The van der Waals surface area contributed by atoms with Gasteiger partial charge in [-0.05, 0) is 67.0 Å². The molecule has 0 bridgehead atoms. The van der Waals surface area contributed by atoms with Crippen LogP contribution in [0.4, 0.5) is 5.82 Å². The van der Waals surface area contributed by atoms with E-state index in [4.69, 9.17) is 22.1 Å². The van der Waals surface area contributed by atoms with Gasteiger partial charge in [-0.3, -0.25) is 9.59 Å². The summed E-state index contributed by atoms with van der Waals surface area (Å²) in [5, 5.41) is 0.562. The summed E-state index contributed by atoms with van der Waals surface area (Å²) in [5.41, 5.74) is 8.45. The van der Waals surface area contributed by atoms with Crippen molar-refractivity contribution in [1.29, 1.82) is 0 Å². The number of rotatable bonds is 7. The van der Waals surface area contributed by atoms with Gasteiger partial charge < -0.3 is 10.5 Å². The molecule has 0 amide bonds. The van der Waals surface area contributed by atoms with Crippen molar-refractivity contribution in [3.8, 4) is 16.2 Å². The number of ketones is 2. The molecule has 2 N–H and O–H groups in total. The summed E-state index contributed by atoms with van der Waals surface area (Å²) in [5.74, 6) is 1.20. The van der Waals surface area contributed by atoms with Gasteiger partial charge in [0.1, 0.15) is 17.7 Å². The molecule has 1 aromatic carbocycles. The van der Waals surface area contributed by atoms with E-state index in [1.165, 1.54) is 11.3 Å². The third kappa shape index (κ3) is 4.86. The summed E-state index contributed by atoms with van der Waals surface area (Å²) in [6.45, 7) is 1.57. The number of hydrogen-bond donors (Lipinski definition) is 1. The van der Waals surface area contributed by atoms with Gasteiger partial charge in [0.25, 0.3) is 0 Å². The zero-order valence-corrected chi connectivity index (χ0v) is 18.5. The van der Waals surface area contributed by atoms with E-state index in [2.05, 4.69) is 4.98 Å². The van der Waals surface area contributed by atoms with E-state index >= 15 is 0 Å². The summed E-state index contributed by atoms with van der Waals surface area (Å²) < 4.78 is 6.09. The smallest absolute Gasteiger partial charge is 0.169 e. The van der Waals surface area contributed by atoms with Crippen molar-refractivity contribution in [2.24, 2.45) is 0 Å². The number of thiophene rings is 1. The van der Waals surface area contributed by atoms with Gasteiger partial charge in [0.2, 0.25) is 0 Å². The summed E-state index contributed by atoms with van der Waals surface area (Å²) >= 11 is 7.84. The van der Waals surface area contributed by atoms with Crippen molar-refractivity contribution in [3.05, 3.63) is 69.7 Å². The standard InChI is InChI=1S/C24H21ClN2O3S/c1-14(28)21-9-10-22(31-21)18-7-8-20(25)24-19(18)12-17(30-24)6-5-16(29)4-2-15-3-11-23(26)27-13-15/h2-4,7-11,13,17H,5-6,12H2,1H3,(H2,26,27)/b4-2+. The molecule has 0 fully saturated rings. The molecule has 1 aliphatic heterocycles. The Morgan fingerprint density at radius 1 is 1.26 bits per heavy atom. The molecule has 0 aliphatic carbocycles. The number of nitrogens with two attached hydrogens (primary N) is 1. The van der Waals surface area contributed by atoms with Crippen LogP contribution in [0.1, 0.15) is 40.6 Å². The molecule has 0 saturated heterocycles. The van der Waals surface area contributed by atoms with E-state index in [0.29, 0.717) is 35.9 Å². The average molecular weight is 453 g/mol. The highest BCUT2D eigenvalue weighted by atomic mass is 35.5. The number of Topliss-reactive ketones (excluding diaryl/α,β-unsaturated/α-hetero) is 1. The first-order valence-corrected chi connectivity index (χ1v) is 11.1. The van der Waals surface area contributed by atoms with Crippen LogP contribution in [0.25, 0.3) is 16.5 Å². The normalized spacial score (nSPS) is 15.1. The van der Waals surface area contributed by atoms with Crippen molar-refractivity contribution in [2.45, 2.75) is 32.3 Å². The van der Waals surface area contributed by atoms with Gasteiger partial charge in [-0.2, -0.15) is 0 Å². The molecule has 5 nitrogen and oxygen atoms in total. The van der Waals surface area contributed by atoms with Crippen LogP contribution in [0, 0.1) is 0 Å². The number of nitrogen functional groups attached to an aromatic ring is 1. The Morgan fingerprint density at radius 3 is 2.81 bits per heavy atom. The quantitative estimate of drug-likeness (QED) is 0.372. The van der Waals surface area contributed by atoms with Gasteiger partial charge in [0.05, 0.1) is 9.90 Å². The number of carbonyl (C=O) groups excluding carboxylic acids is 2. The summed E-state index contributed by atoms with van der Waals surface area (Å²) in [6, 6.07) is 11.1. The Hall–Kier alpha value is -2.96. The van der Waals surface area contributed by atoms with E-state index in [1.807, 2.05) is 30.3 Å². The third-order valence-electron chi connectivity index (χ3n) is 5.13. The van der Waals surface area contributed by atoms with Crippen LogP contribution in [0.15, 0.2) is 48.7 Å². The fourth-order valence-electron chi connectivity index (χ4n) is 3.52. The molecule has 4 rings (SSSR count). The topological polar surface area (TPSA) is 82.3 Å². The van der Waals surface area contributed by atoms with Crippen molar-refractivity contribution >= 4 is 46.4 Å². The summed E-state index contributed by atoms with van der Waals surface area (Å²) in [6.07, 6.45) is 6.45. The van der Waals surface area contributed by atoms with Crippen molar-refractivity contribution in [2.75, 3.05) is 5.73 Å². The van der Waals surface area contributed by atoms with E-state index in [-0.39, 0.29) is 17.7 Å². The Kier molecular flexibility index (Phi) is 6.20. The molecule has 0 saturated carbocycles. The highest BCUT2D eigenvalue weighted by Gasteiger charge is 2.28. The van der Waals surface area contributed by atoms with Crippen molar-refractivity contribution < 1.29 is 14.3 Å². The molecule has 2 aromatic heterocycles. The molecule has 0 radical (unpaired) electrons. The maximum Gasteiger partial charge on any atom is 0.169 e. The number of halogens is 1. The van der Waals surface area contributed by atoms with Crippen LogP contribution in [0.5, 0.6) is 5.75 Å². The van der Waals surface area contributed by atoms with Gasteiger partial charge in [-0.25, -0.2) is 4.98 Å². The van der Waals surface area contributed by atoms with Gasteiger partial charge in [0.15, 0.2) is 11.6 Å². The molecular formula is C24H21ClN2O3S. The van der Waals surface area contributed by atoms with Gasteiger partial charge in [0, 0.05) is 29.5 Å². The minimum atomic E-state index is -0.114. The van der Waals surface area contributed by atoms with E-state index < -0.39 is 0 Å². The highest BCUT2D eigenvalue weighted by molar-refractivity contribution is 7.17. The number of hydrogen-bond acceptors (Lipinski definition) is 6. The molecule has 1 aliphatic rings. The SMILES string of the molecule is CC(=O)c1ccc(-c2ccc(Cl)c3c2CC(CCC(=O)/C=C/c2ccc(N)nc2)O3)s1. The zero-order valence-electron chi connectivity index (χ0n) is 16.9. The number of fused-ring (bicyclic) bond motifs is 1. The van der Waals surface area contributed by atoms with Crippen molar-refractivity contribution in [3.63, 3.8) is 0 Å². The van der Waals surface area contributed by atoms with Crippen LogP contribution in [-0.4, -0.2) is 22.7 Å². The second kappa shape index (κ2) is 9.04.